The van der Waals surface area contributed by atoms with E-state index in [0.717, 1.165) is 17.6 Å². The first-order chi connectivity index (χ1) is 8.25. The van der Waals surface area contributed by atoms with Crippen molar-refractivity contribution in [3.8, 4) is 11.1 Å². The molecular formula is C17H14. The van der Waals surface area contributed by atoms with Gasteiger partial charge in [-0.1, -0.05) is 55.6 Å². The molecule has 2 aromatic rings. The van der Waals surface area contributed by atoms with E-state index in [9.17, 15) is 0 Å². The van der Waals surface area contributed by atoms with Crippen LogP contribution in [0.5, 0.6) is 0 Å². The summed E-state index contributed by atoms with van der Waals surface area (Å²) >= 11 is 0. The predicted molar refractivity (Wildman–Crippen MR) is 73.8 cm³/mol. The van der Waals surface area contributed by atoms with Crippen LogP contribution in [0.2, 0.25) is 0 Å². The van der Waals surface area contributed by atoms with Gasteiger partial charge in [-0.2, -0.15) is 0 Å². The van der Waals surface area contributed by atoms with Crippen LogP contribution in [0.4, 0.5) is 0 Å². The van der Waals surface area contributed by atoms with Crippen molar-refractivity contribution in [2.75, 3.05) is 0 Å². The molecule has 0 atom stereocenters. The van der Waals surface area contributed by atoms with Crippen LogP contribution in [0.15, 0.2) is 67.3 Å². The molecule has 0 nitrogen and oxygen atoms in total. The fourth-order valence-corrected chi connectivity index (χ4v) is 2.35. The third-order valence-electron chi connectivity index (χ3n) is 3.37. The minimum Gasteiger partial charge on any atom is -0.0949 e. The van der Waals surface area contributed by atoms with Crippen molar-refractivity contribution >= 4 is 5.57 Å². The SMILES string of the molecule is C=C1Cc2ccc(-c3ccccc3)cc2C1=C. The number of benzene rings is 2. The van der Waals surface area contributed by atoms with Crippen molar-refractivity contribution in [3.05, 3.63) is 78.4 Å². The molecule has 0 bridgehead atoms. The maximum atomic E-state index is 4.11. The van der Waals surface area contributed by atoms with E-state index in [1.54, 1.807) is 0 Å². The molecule has 0 aliphatic heterocycles. The summed E-state index contributed by atoms with van der Waals surface area (Å²) in [6.45, 7) is 8.16. The molecule has 0 spiro atoms. The van der Waals surface area contributed by atoms with Crippen LogP contribution < -0.4 is 0 Å². The first-order valence-corrected chi connectivity index (χ1v) is 5.81. The Hall–Kier alpha value is -2.08. The van der Waals surface area contributed by atoms with Crippen molar-refractivity contribution in [2.45, 2.75) is 6.42 Å². The topological polar surface area (TPSA) is 0 Å². The molecule has 0 radical (unpaired) electrons. The highest BCUT2D eigenvalue weighted by atomic mass is 14.2. The lowest BCUT2D eigenvalue weighted by Crippen LogP contribution is -1.83. The fraction of sp³-hybridized carbons (Fsp3) is 0.0588. The molecule has 0 saturated carbocycles. The zero-order valence-electron chi connectivity index (χ0n) is 9.74. The lowest BCUT2D eigenvalue weighted by Gasteiger charge is -2.05. The Morgan fingerprint density at radius 1 is 0.824 bits per heavy atom. The highest BCUT2D eigenvalue weighted by molar-refractivity contribution is 5.86. The highest BCUT2D eigenvalue weighted by Crippen LogP contribution is 2.36. The third kappa shape index (κ3) is 1.62. The molecule has 0 heterocycles. The quantitative estimate of drug-likeness (QED) is 0.662. The third-order valence-corrected chi connectivity index (χ3v) is 3.37. The van der Waals surface area contributed by atoms with Crippen molar-refractivity contribution in [1.82, 2.24) is 0 Å². The number of hydrogen-bond donors (Lipinski definition) is 0. The van der Waals surface area contributed by atoms with Gasteiger partial charge in [0.25, 0.3) is 0 Å². The monoisotopic (exact) mass is 218 g/mol. The molecule has 2 aromatic carbocycles. The summed E-state index contributed by atoms with van der Waals surface area (Å²) in [5.41, 5.74) is 7.35. The zero-order valence-corrected chi connectivity index (χ0v) is 9.74. The number of rotatable bonds is 1. The molecule has 0 amide bonds. The van der Waals surface area contributed by atoms with E-state index >= 15 is 0 Å². The summed E-state index contributed by atoms with van der Waals surface area (Å²) in [5.74, 6) is 0. The van der Waals surface area contributed by atoms with Gasteiger partial charge in [0.2, 0.25) is 0 Å². The maximum absolute atomic E-state index is 4.11. The van der Waals surface area contributed by atoms with Crippen molar-refractivity contribution < 1.29 is 0 Å². The largest absolute Gasteiger partial charge is 0.0949 e. The van der Waals surface area contributed by atoms with Gasteiger partial charge >= 0.3 is 0 Å². The second-order valence-electron chi connectivity index (χ2n) is 4.50. The van der Waals surface area contributed by atoms with Crippen LogP contribution in [0.25, 0.3) is 16.7 Å². The summed E-state index contributed by atoms with van der Waals surface area (Å²) in [6, 6.07) is 17.0. The molecule has 0 fully saturated rings. The molecule has 0 aromatic heterocycles. The van der Waals surface area contributed by atoms with Gasteiger partial charge < -0.3 is 0 Å². The van der Waals surface area contributed by atoms with Crippen molar-refractivity contribution in [1.29, 1.82) is 0 Å². The van der Waals surface area contributed by atoms with E-state index in [-0.39, 0.29) is 0 Å². The summed E-state index contributed by atoms with van der Waals surface area (Å²) in [5, 5.41) is 0. The minimum absolute atomic E-state index is 0.948. The molecule has 0 unspecified atom stereocenters. The summed E-state index contributed by atoms with van der Waals surface area (Å²) in [7, 11) is 0. The van der Waals surface area contributed by atoms with Crippen molar-refractivity contribution in [3.63, 3.8) is 0 Å². The molecule has 0 saturated heterocycles. The molecule has 1 aliphatic carbocycles. The predicted octanol–water partition coefficient (Wildman–Crippen LogP) is 4.48. The standard InChI is InChI=1S/C17H14/c1-12-10-16-9-8-15(11-17(16)13(12)2)14-6-4-3-5-7-14/h3-9,11H,1-2,10H2. The van der Waals surface area contributed by atoms with Crippen LogP contribution >= 0.6 is 0 Å². The Balaban J connectivity index is 2.12. The van der Waals surface area contributed by atoms with Gasteiger partial charge in [0.1, 0.15) is 0 Å². The maximum Gasteiger partial charge on any atom is -0.00195 e. The van der Waals surface area contributed by atoms with E-state index in [4.69, 9.17) is 0 Å². The summed E-state index contributed by atoms with van der Waals surface area (Å²) < 4.78 is 0. The van der Waals surface area contributed by atoms with Crippen LogP contribution in [0.1, 0.15) is 11.1 Å². The molecule has 3 rings (SSSR count). The highest BCUT2D eigenvalue weighted by Gasteiger charge is 2.18. The second kappa shape index (κ2) is 3.74. The molecular weight excluding hydrogens is 204 g/mol. The molecule has 0 heteroatoms. The van der Waals surface area contributed by atoms with Crippen LogP contribution in [0, 0.1) is 0 Å². The molecule has 17 heavy (non-hydrogen) atoms. The summed E-state index contributed by atoms with van der Waals surface area (Å²) in [4.78, 5) is 0. The van der Waals surface area contributed by atoms with Gasteiger partial charge in [-0.3, -0.25) is 0 Å². The lowest BCUT2D eigenvalue weighted by molar-refractivity contribution is 1.28. The Morgan fingerprint density at radius 3 is 2.35 bits per heavy atom. The Bertz CT molecular complexity index is 603. The summed E-state index contributed by atoms with van der Waals surface area (Å²) in [6.07, 6.45) is 0.948. The fourth-order valence-electron chi connectivity index (χ4n) is 2.35. The van der Waals surface area contributed by atoms with E-state index in [0.29, 0.717) is 0 Å². The average molecular weight is 218 g/mol. The van der Waals surface area contributed by atoms with Gasteiger partial charge in [0.15, 0.2) is 0 Å². The van der Waals surface area contributed by atoms with Crippen LogP contribution in [-0.4, -0.2) is 0 Å². The Kier molecular flexibility index (Phi) is 2.22. The Morgan fingerprint density at radius 2 is 1.59 bits per heavy atom. The van der Waals surface area contributed by atoms with E-state index in [2.05, 4.69) is 55.6 Å². The zero-order chi connectivity index (χ0) is 11.8. The normalized spacial score (nSPS) is 13.9. The smallest absolute Gasteiger partial charge is 0.00195 e. The van der Waals surface area contributed by atoms with Crippen LogP contribution in [-0.2, 0) is 6.42 Å². The van der Waals surface area contributed by atoms with Gasteiger partial charge in [0, 0.05) is 0 Å². The number of hydrogen-bond acceptors (Lipinski definition) is 0. The number of fused-ring (bicyclic) bond motifs is 1. The lowest BCUT2D eigenvalue weighted by atomic mass is 9.99. The van der Waals surface area contributed by atoms with Crippen LogP contribution in [0.3, 0.4) is 0 Å². The van der Waals surface area contributed by atoms with Gasteiger partial charge in [0.05, 0.1) is 0 Å². The Labute approximate surface area is 102 Å². The van der Waals surface area contributed by atoms with E-state index in [1.807, 2.05) is 6.07 Å². The number of allylic oxidation sites excluding steroid dienone is 2. The first kappa shape index (κ1) is 10.1. The van der Waals surface area contributed by atoms with Gasteiger partial charge in [-0.25, -0.2) is 0 Å². The molecule has 1 aliphatic rings. The van der Waals surface area contributed by atoms with E-state index in [1.165, 1.54) is 22.3 Å². The van der Waals surface area contributed by atoms with Gasteiger partial charge in [-0.15, -0.1) is 0 Å². The van der Waals surface area contributed by atoms with Crippen molar-refractivity contribution in [2.24, 2.45) is 0 Å². The van der Waals surface area contributed by atoms with E-state index < -0.39 is 0 Å². The molecule has 0 N–H and O–H groups in total. The minimum atomic E-state index is 0.948. The molecule has 82 valence electrons. The average Bonchev–Trinajstić information content (AvgIpc) is 2.66. The first-order valence-electron chi connectivity index (χ1n) is 5.81. The second-order valence-corrected chi connectivity index (χ2v) is 4.50. The van der Waals surface area contributed by atoms with Gasteiger partial charge in [-0.05, 0) is 45.9 Å².